The van der Waals surface area contributed by atoms with Crippen molar-refractivity contribution < 1.29 is 18.0 Å². The summed E-state index contributed by atoms with van der Waals surface area (Å²) in [6, 6.07) is 3.84. The van der Waals surface area contributed by atoms with E-state index in [9.17, 15) is 18.0 Å². The number of benzene rings is 1. The van der Waals surface area contributed by atoms with Gasteiger partial charge >= 0.3 is 6.18 Å². The number of halogens is 5. The fourth-order valence-corrected chi connectivity index (χ4v) is 2.92. The normalized spacial score (nSPS) is 22.8. The number of amides is 1. The van der Waals surface area contributed by atoms with Crippen molar-refractivity contribution in [2.45, 2.75) is 43.9 Å². The maximum Gasteiger partial charge on any atom is 0.412 e. The summed E-state index contributed by atoms with van der Waals surface area (Å²) in [5.74, 6) is -0.933. The number of hydrogen-bond donors (Lipinski definition) is 2. The van der Waals surface area contributed by atoms with Crippen LogP contribution in [-0.4, -0.2) is 18.1 Å². The van der Waals surface area contributed by atoms with Gasteiger partial charge < -0.3 is 11.1 Å². The first-order valence-electron chi connectivity index (χ1n) is 7.15. The third-order valence-electron chi connectivity index (χ3n) is 3.96. The standard InChI is InChI=1S/C15H18BrF3N2O.ClH/c16-11-5-1-9(2-6-11)13(15(17,18)19)21-14(22)10-3-7-12(20)8-4-10;/h1-2,5-6,10,12-13H,3-4,7-8,20H2,(H,21,22);1H/t10?,12?,13-;/m0./s1. The maximum atomic E-state index is 13.2. The van der Waals surface area contributed by atoms with Gasteiger partial charge in [-0.15, -0.1) is 12.4 Å². The van der Waals surface area contributed by atoms with E-state index in [1.807, 2.05) is 0 Å². The van der Waals surface area contributed by atoms with E-state index in [0.29, 0.717) is 30.2 Å². The van der Waals surface area contributed by atoms with Gasteiger partial charge in [-0.05, 0) is 43.4 Å². The number of carbonyl (C=O) groups excluding carboxylic acids is 1. The minimum atomic E-state index is -4.53. The third-order valence-corrected chi connectivity index (χ3v) is 4.49. The molecule has 0 radical (unpaired) electrons. The summed E-state index contributed by atoms with van der Waals surface area (Å²) >= 11 is 3.18. The highest BCUT2D eigenvalue weighted by molar-refractivity contribution is 9.10. The lowest BCUT2D eigenvalue weighted by Crippen LogP contribution is -2.42. The van der Waals surface area contributed by atoms with Gasteiger partial charge in [0.05, 0.1) is 0 Å². The Morgan fingerprint density at radius 3 is 2.17 bits per heavy atom. The van der Waals surface area contributed by atoms with Crippen LogP contribution in [0.1, 0.15) is 37.3 Å². The fourth-order valence-electron chi connectivity index (χ4n) is 2.65. The minimum Gasteiger partial charge on any atom is -0.341 e. The highest BCUT2D eigenvalue weighted by Gasteiger charge is 2.42. The van der Waals surface area contributed by atoms with Crippen LogP contribution < -0.4 is 11.1 Å². The average Bonchev–Trinajstić information content (AvgIpc) is 2.45. The lowest BCUT2D eigenvalue weighted by atomic mass is 9.85. The van der Waals surface area contributed by atoms with Gasteiger partial charge in [0, 0.05) is 16.4 Å². The SMILES string of the molecule is Cl.NC1CCC(C(=O)N[C@@H](c2ccc(Br)cc2)C(F)(F)F)CC1. The van der Waals surface area contributed by atoms with Crippen LogP contribution in [0.25, 0.3) is 0 Å². The Balaban J connectivity index is 0.00000264. The Morgan fingerprint density at radius 1 is 1.17 bits per heavy atom. The molecule has 8 heteroatoms. The van der Waals surface area contributed by atoms with Crippen LogP contribution in [0.4, 0.5) is 13.2 Å². The zero-order chi connectivity index (χ0) is 16.3. The predicted molar refractivity (Wildman–Crippen MR) is 88.3 cm³/mol. The Hall–Kier alpha value is -0.790. The molecule has 1 aromatic rings. The van der Waals surface area contributed by atoms with E-state index in [2.05, 4.69) is 21.2 Å². The Bertz CT molecular complexity index is 516. The van der Waals surface area contributed by atoms with Crippen LogP contribution in [0.5, 0.6) is 0 Å². The van der Waals surface area contributed by atoms with Gasteiger partial charge in [0.15, 0.2) is 6.04 Å². The van der Waals surface area contributed by atoms with Crippen molar-refractivity contribution in [1.82, 2.24) is 5.32 Å². The first-order chi connectivity index (χ1) is 10.3. The molecule has 0 bridgehead atoms. The molecular formula is C15H19BrClF3N2O. The summed E-state index contributed by atoms with van der Waals surface area (Å²) in [6.07, 6.45) is -2.11. The minimum absolute atomic E-state index is 0. The van der Waals surface area contributed by atoms with E-state index in [1.54, 1.807) is 0 Å². The van der Waals surface area contributed by atoms with Gasteiger partial charge in [-0.3, -0.25) is 4.79 Å². The summed E-state index contributed by atoms with van der Waals surface area (Å²) in [5.41, 5.74) is 5.78. The number of nitrogens with one attached hydrogen (secondary N) is 1. The van der Waals surface area contributed by atoms with Crippen LogP contribution >= 0.6 is 28.3 Å². The Morgan fingerprint density at radius 2 is 1.70 bits per heavy atom. The monoisotopic (exact) mass is 414 g/mol. The van der Waals surface area contributed by atoms with Gasteiger partial charge in [-0.25, -0.2) is 0 Å². The lowest BCUT2D eigenvalue weighted by molar-refractivity contribution is -0.165. The molecule has 1 aromatic carbocycles. The quantitative estimate of drug-likeness (QED) is 0.781. The second kappa shape index (κ2) is 8.35. The lowest BCUT2D eigenvalue weighted by Gasteiger charge is -2.28. The molecule has 2 rings (SSSR count). The van der Waals surface area contributed by atoms with Crippen LogP contribution in [0.2, 0.25) is 0 Å². The molecule has 130 valence electrons. The number of hydrogen-bond acceptors (Lipinski definition) is 2. The van der Waals surface area contributed by atoms with Crippen LogP contribution in [0.3, 0.4) is 0 Å². The molecule has 3 N–H and O–H groups in total. The second-order valence-corrected chi connectivity index (χ2v) is 6.56. The molecule has 1 fully saturated rings. The highest BCUT2D eigenvalue weighted by atomic mass is 79.9. The molecular weight excluding hydrogens is 397 g/mol. The molecule has 1 amide bonds. The number of rotatable bonds is 3. The summed E-state index contributed by atoms with van der Waals surface area (Å²) < 4.78 is 40.4. The molecule has 0 heterocycles. The molecule has 0 spiro atoms. The van der Waals surface area contributed by atoms with Crippen LogP contribution in [0, 0.1) is 5.92 Å². The average molecular weight is 416 g/mol. The van der Waals surface area contributed by atoms with Crippen molar-refractivity contribution in [2.75, 3.05) is 0 Å². The smallest absolute Gasteiger partial charge is 0.341 e. The molecule has 3 nitrogen and oxygen atoms in total. The van der Waals surface area contributed by atoms with E-state index in [0.717, 1.165) is 0 Å². The predicted octanol–water partition coefficient (Wildman–Crippen LogP) is 4.11. The molecule has 1 atom stereocenters. The van der Waals surface area contributed by atoms with E-state index in [4.69, 9.17) is 5.73 Å². The van der Waals surface area contributed by atoms with Gasteiger partial charge in [0.2, 0.25) is 5.91 Å². The van der Waals surface area contributed by atoms with E-state index in [1.165, 1.54) is 24.3 Å². The first kappa shape index (κ1) is 20.3. The maximum absolute atomic E-state index is 13.2. The zero-order valence-electron chi connectivity index (χ0n) is 12.3. The van der Waals surface area contributed by atoms with Gasteiger partial charge in [0.1, 0.15) is 0 Å². The zero-order valence-corrected chi connectivity index (χ0v) is 14.7. The van der Waals surface area contributed by atoms with Crippen molar-refractivity contribution >= 4 is 34.2 Å². The summed E-state index contributed by atoms with van der Waals surface area (Å²) in [5, 5.41) is 2.16. The topological polar surface area (TPSA) is 55.1 Å². The summed E-state index contributed by atoms with van der Waals surface area (Å²) in [7, 11) is 0. The molecule has 0 unspecified atom stereocenters. The molecule has 1 aliphatic rings. The second-order valence-electron chi connectivity index (χ2n) is 5.65. The Labute approximate surface area is 147 Å². The van der Waals surface area contributed by atoms with Crippen molar-refractivity contribution in [3.05, 3.63) is 34.3 Å². The Kier molecular flexibility index (Phi) is 7.35. The molecule has 0 saturated heterocycles. The van der Waals surface area contributed by atoms with Gasteiger partial charge in [-0.2, -0.15) is 13.2 Å². The molecule has 0 aromatic heterocycles. The first-order valence-corrected chi connectivity index (χ1v) is 7.95. The van der Waals surface area contributed by atoms with Crippen molar-refractivity contribution in [1.29, 1.82) is 0 Å². The fraction of sp³-hybridized carbons (Fsp3) is 0.533. The van der Waals surface area contributed by atoms with Crippen molar-refractivity contribution in [2.24, 2.45) is 11.7 Å². The van der Waals surface area contributed by atoms with Crippen LogP contribution in [0.15, 0.2) is 28.7 Å². The van der Waals surface area contributed by atoms with Crippen molar-refractivity contribution in [3.63, 3.8) is 0 Å². The van der Waals surface area contributed by atoms with E-state index >= 15 is 0 Å². The number of alkyl halides is 3. The molecule has 1 saturated carbocycles. The number of carbonyl (C=O) groups is 1. The largest absolute Gasteiger partial charge is 0.412 e. The van der Waals surface area contributed by atoms with Gasteiger partial charge in [-0.1, -0.05) is 28.1 Å². The van der Waals surface area contributed by atoms with Crippen molar-refractivity contribution in [3.8, 4) is 0 Å². The number of nitrogens with two attached hydrogens (primary N) is 1. The van der Waals surface area contributed by atoms with Crippen LogP contribution in [-0.2, 0) is 4.79 Å². The van der Waals surface area contributed by atoms with E-state index in [-0.39, 0.29) is 29.9 Å². The molecule has 0 aliphatic heterocycles. The highest BCUT2D eigenvalue weighted by Crippen LogP contribution is 2.34. The molecule has 1 aliphatic carbocycles. The van der Waals surface area contributed by atoms with Gasteiger partial charge in [0.25, 0.3) is 0 Å². The van der Waals surface area contributed by atoms with E-state index < -0.39 is 18.1 Å². The third kappa shape index (κ3) is 5.65. The summed E-state index contributed by atoms with van der Waals surface area (Å²) in [4.78, 5) is 12.1. The summed E-state index contributed by atoms with van der Waals surface area (Å²) in [6.45, 7) is 0. The molecule has 23 heavy (non-hydrogen) atoms.